The predicted molar refractivity (Wildman–Crippen MR) is 64.5 cm³/mol. The molecule has 19 heavy (non-hydrogen) atoms. The van der Waals surface area contributed by atoms with Crippen LogP contribution in [-0.2, 0) is 19.4 Å². The van der Waals surface area contributed by atoms with Crippen LogP contribution < -0.4 is 5.32 Å². The standard InChI is InChI=1S/C10H16N2O6S/c13-9(14)3-7-6-19(16,17)2-1-12(7)5-8-4-11-10(15)18-8/h7-8H,1-6H2,(H,11,15)(H,13,14). The summed E-state index contributed by atoms with van der Waals surface area (Å²) in [6.45, 7) is 0.989. The molecular weight excluding hydrogens is 276 g/mol. The van der Waals surface area contributed by atoms with E-state index >= 15 is 0 Å². The van der Waals surface area contributed by atoms with E-state index in [4.69, 9.17) is 9.84 Å². The molecule has 0 aromatic heterocycles. The van der Waals surface area contributed by atoms with Crippen LogP contribution in [0.5, 0.6) is 0 Å². The Bertz CT molecular complexity index is 476. The molecule has 0 aliphatic carbocycles. The smallest absolute Gasteiger partial charge is 0.407 e. The van der Waals surface area contributed by atoms with Crippen molar-refractivity contribution in [3.8, 4) is 0 Å². The van der Waals surface area contributed by atoms with E-state index in [0.717, 1.165) is 0 Å². The highest BCUT2D eigenvalue weighted by Gasteiger charge is 2.35. The molecule has 2 fully saturated rings. The summed E-state index contributed by atoms with van der Waals surface area (Å²) in [6.07, 6.45) is -1.08. The Kier molecular flexibility index (Phi) is 3.95. The SMILES string of the molecule is O=C(O)CC1CS(=O)(=O)CCN1CC1CNC(=O)O1. The Balaban J connectivity index is 2.00. The number of carboxylic acids is 1. The van der Waals surface area contributed by atoms with Crippen LogP contribution in [0.25, 0.3) is 0 Å². The van der Waals surface area contributed by atoms with Crippen LogP contribution in [0.1, 0.15) is 6.42 Å². The number of ether oxygens (including phenoxy) is 1. The average molecular weight is 292 g/mol. The molecule has 0 aromatic rings. The number of alkyl carbamates (subject to hydrolysis) is 1. The second-order valence-corrected chi connectivity index (χ2v) is 7.00. The summed E-state index contributed by atoms with van der Waals surface area (Å²) in [5.41, 5.74) is 0. The van der Waals surface area contributed by atoms with Gasteiger partial charge in [-0.2, -0.15) is 0 Å². The van der Waals surface area contributed by atoms with Gasteiger partial charge in [-0.25, -0.2) is 13.2 Å². The molecule has 2 N–H and O–H groups in total. The lowest BCUT2D eigenvalue weighted by Gasteiger charge is -2.35. The van der Waals surface area contributed by atoms with Gasteiger partial charge in [-0.05, 0) is 0 Å². The molecule has 2 rings (SSSR count). The zero-order valence-electron chi connectivity index (χ0n) is 10.2. The van der Waals surface area contributed by atoms with Crippen molar-refractivity contribution in [3.63, 3.8) is 0 Å². The number of nitrogens with one attached hydrogen (secondary N) is 1. The Morgan fingerprint density at radius 2 is 2.26 bits per heavy atom. The second kappa shape index (κ2) is 5.33. The van der Waals surface area contributed by atoms with E-state index < -0.39 is 27.9 Å². The first-order valence-corrected chi connectivity index (χ1v) is 7.78. The lowest BCUT2D eigenvalue weighted by atomic mass is 10.1. The summed E-state index contributed by atoms with van der Waals surface area (Å²) in [4.78, 5) is 23.5. The number of hydrogen-bond acceptors (Lipinski definition) is 6. The summed E-state index contributed by atoms with van der Waals surface area (Å²) in [5, 5.41) is 11.3. The molecule has 2 unspecified atom stereocenters. The minimum atomic E-state index is -3.18. The van der Waals surface area contributed by atoms with Gasteiger partial charge in [0, 0.05) is 19.1 Å². The molecule has 2 aliphatic heterocycles. The van der Waals surface area contributed by atoms with Crippen molar-refractivity contribution < 1.29 is 27.9 Å². The van der Waals surface area contributed by atoms with Crippen molar-refractivity contribution in [2.75, 3.05) is 31.1 Å². The highest BCUT2D eigenvalue weighted by molar-refractivity contribution is 7.91. The average Bonchev–Trinajstić information content (AvgIpc) is 2.67. The van der Waals surface area contributed by atoms with E-state index in [9.17, 15) is 18.0 Å². The van der Waals surface area contributed by atoms with Gasteiger partial charge in [0.05, 0.1) is 24.5 Å². The quantitative estimate of drug-likeness (QED) is 0.660. The normalized spacial score (nSPS) is 30.6. The summed E-state index contributed by atoms with van der Waals surface area (Å²) in [7, 11) is -3.18. The number of carbonyl (C=O) groups excluding carboxylic acids is 1. The maximum atomic E-state index is 11.6. The summed E-state index contributed by atoms with van der Waals surface area (Å²) in [5.74, 6) is -1.18. The fourth-order valence-corrected chi connectivity index (χ4v) is 3.94. The van der Waals surface area contributed by atoms with Gasteiger partial charge >= 0.3 is 12.1 Å². The van der Waals surface area contributed by atoms with Gasteiger partial charge in [-0.15, -0.1) is 0 Å². The van der Waals surface area contributed by atoms with Crippen molar-refractivity contribution in [1.82, 2.24) is 10.2 Å². The number of nitrogens with zero attached hydrogens (tertiary/aromatic N) is 1. The fourth-order valence-electron chi connectivity index (χ4n) is 2.35. The Morgan fingerprint density at radius 1 is 1.53 bits per heavy atom. The summed E-state index contributed by atoms with van der Waals surface area (Å²) in [6, 6.07) is -0.560. The minimum Gasteiger partial charge on any atom is -0.481 e. The predicted octanol–water partition coefficient (Wildman–Crippen LogP) is -1.33. The van der Waals surface area contributed by atoms with Gasteiger partial charge in [-0.3, -0.25) is 9.69 Å². The highest BCUT2D eigenvalue weighted by Crippen LogP contribution is 2.17. The van der Waals surface area contributed by atoms with Crippen molar-refractivity contribution >= 4 is 21.9 Å². The largest absolute Gasteiger partial charge is 0.481 e. The Morgan fingerprint density at radius 3 is 2.84 bits per heavy atom. The summed E-state index contributed by atoms with van der Waals surface area (Å²) < 4.78 is 28.1. The van der Waals surface area contributed by atoms with Crippen LogP contribution in [-0.4, -0.2) is 73.8 Å². The first-order valence-electron chi connectivity index (χ1n) is 5.96. The van der Waals surface area contributed by atoms with E-state index in [0.29, 0.717) is 13.1 Å². The van der Waals surface area contributed by atoms with Crippen molar-refractivity contribution in [3.05, 3.63) is 0 Å². The number of hydrogen-bond donors (Lipinski definition) is 2. The molecule has 2 aliphatic rings. The molecule has 2 saturated heterocycles. The van der Waals surface area contributed by atoms with Gasteiger partial charge < -0.3 is 15.2 Å². The lowest BCUT2D eigenvalue weighted by Crippen LogP contribution is -2.52. The zero-order chi connectivity index (χ0) is 14.0. The van der Waals surface area contributed by atoms with Gasteiger partial charge in [0.25, 0.3) is 0 Å². The Hall–Kier alpha value is -1.35. The number of aliphatic carboxylic acids is 1. The van der Waals surface area contributed by atoms with E-state index in [2.05, 4.69) is 5.32 Å². The van der Waals surface area contributed by atoms with Gasteiger partial charge in [0.2, 0.25) is 0 Å². The highest BCUT2D eigenvalue weighted by atomic mass is 32.2. The monoisotopic (exact) mass is 292 g/mol. The van der Waals surface area contributed by atoms with Crippen molar-refractivity contribution in [2.24, 2.45) is 0 Å². The molecule has 0 bridgehead atoms. The molecule has 0 spiro atoms. The lowest BCUT2D eigenvalue weighted by molar-refractivity contribution is -0.138. The molecule has 108 valence electrons. The first-order chi connectivity index (χ1) is 8.85. The number of cyclic esters (lactones) is 1. The number of rotatable bonds is 4. The molecule has 2 heterocycles. The molecule has 0 aromatic carbocycles. The maximum absolute atomic E-state index is 11.6. The number of carbonyl (C=O) groups is 2. The third-order valence-corrected chi connectivity index (χ3v) is 4.95. The summed E-state index contributed by atoms with van der Waals surface area (Å²) >= 11 is 0. The van der Waals surface area contributed by atoms with Crippen LogP contribution in [0.15, 0.2) is 0 Å². The molecule has 8 nitrogen and oxygen atoms in total. The van der Waals surface area contributed by atoms with Gasteiger partial charge in [0.15, 0.2) is 9.84 Å². The van der Waals surface area contributed by atoms with Crippen LogP contribution >= 0.6 is 0 Å². The minimum absolute atomic E-state index is 0.0111. The zero-order valence-corrected chi connectivity index (χ0v) is 11.1. The maximum Gasteiger partial charge on any atom is 0.407 e. The topological polar surface area (TPSA) is 113 Å². The van der Waals surface area contributed by atoms with Crippen LogP contribution in [0, 0.1) is 0 Å². The molecule has 1 amide bonds. The first kappa shape index (κ1) is 14.1. The fraction of sp³-hybridized carbons (Fsp3) is 0.800. The van der Waals surface area contributed by atoms with E-state index in [-0.39, 0.29) is 30.6 Å². The number of amides is 1. The molecule has 2 atom stereocenters. The van der Waals surface area contributed by atoms with Crippen LogP contribution in [0.3, 0.4) is 0 Å². The van der Waals surface area contributed by atoms with Gasteiger partial charge in [0.1, 0.15) is 6.10 Å². The van der Waals surface area contributed by atoms with Crippen LogP contribution in [0.4, 0.5) is 4.79 Å². The van der Waals surface area contributed by atoms with Gasteiger partial charge in [-0.1, -0.05) is 0 Å². The van der Waals surface area contributed by atoms with Crippen molar-refractivity contribution in [1.29, 1.82) is 0 Å². The molecule has 0 radical (unpaired) electrons. The third-order valence-electron chi connectivity index (χ3n) is 3.25. The van der Waals surface area contributed by atoms with Crippen LogP contribution in [0.2, 0.25) is 0 Å². The Labute approximate surface area is 110 Å². The molecule has 0 saturated carbocycles. The third kappa shape index (κ3) is 3.80. The van der Waals surface area contributed by atoms with Crippen molar-refractivity contribution in [2.45, 2.75) is 18.6 Å². The number of carboxylic acid groups (broad SMARTS) is 1. The molecule has 9 heteroatoms. The molecular formula is C10H16N2O6S. The van der Waals surface area contributed by atoms with E-state index in [1.807, 2.05) is 0 Å². The second-order valence-electron chi connectivity index (χ2n) is 4.77. The number of sulfone groups is 1. The van der Waals surface area contributed by atoms with E-state index in [1.165, 1.54) is 0 Å². The van der Waals surface area contributed by atoms with E-state index in [1.54, 1.807) is 4.90 Å².